The van der Waals surface area contributed by atoms with E-state index in [9.17, 15) is 0 Å². The van der Waals surface area contributed by atoms with Gasteiger partial charge in [0.05, 0.1) is 17.4 Å². The number of nitrogens with zero attached hydrogens (tertiary/aromatic N) is 5. The summed E-state index contributed by atoms with van der Waals surface area (Å²) in [6, 6.07) is 59.2. The molecule has 256 valence electrons. The summed E-state index contributed by atoms with van der Waals surface area (Å²) in [6.07, 6.45) is 2.03. The van der Waals surface area contributed by atoms with Crippen molar-refractivity contribution in [1.29, 1.82) is 0 Å². The molecule has 2 heterocycles. The molecular formula is C49H35N5. The minimum absolute atomic E-state index is 0.0949. The molecule has 0 aliphatic heterocycles. The Hall–Kier alpha value is -6.98. The van der Waals surface area contributed by atoms with Gasteiger partial charge in [-0.3, -0.25) is 0 Å². The molecule has 0 saturated carbocycles. The van der Waals surface area contributed by atoms with Crippen LogP contribution in [0.3, 0.4) is 0 Å². The number of hydrogen-bond acceptors (Lipinski definition) is 4. The molecule has 5 heteroatoms. The van der Waals surface area contributed by atoms with E-state index >= 15 is 0 Å². The van der Waals surface area contributed by atoms with Crippen LogP contribution in [0.4, 0.5) is 0 Å². The first-order valence-corrected chi connectivity index (χ1v) is 18.3. The first kappa shape index (κ1) is 31.7. The molecule has 0 atom stereocenters. The van der Waals surface area contributed by atoms with Crippen molar-refractivity contribution in [2.75, 3.05) is 0 Å². The van der Waals surface area contributed by atoms with Crippen LogP contribution in [0, 0.1) is 0 Å². The van der Waals surface area contributed by atoms with E-state index in [4.69, 9.17) is 20.1 Å². The van der Waals surface area contributed by atoms with Crippen LogP contribution in [0.5, 0.6) is 0 Å². The van der Waals surface area contributed by atoms with E-state index in [0.717, 1.165) is 44.6 Å². The summed E-state index contributed by atoms with van der Waals surface area (Å²) in [7, 11) is 0. The topological polar surface area (TPSA) is 56.5 Å². The minimum Gasteiger partial charge on any atom is -0.233 e. The minimum atomic E-state index is -0.0949. The molecule has 0 amide bonds. The quantitative estimate of drug-likeness (QED) is 0.174. The molecule has 10 rings (SSSR count). The van der Waals surface area contributed by atoms with Crippen LogP contribution < -0.4 is 0 Å². The molecule has 1 aliphatic rings. The summed E-state index contributed by atoms with van der Waals surface area (Å²) in [5.41, 5.74) is 14.7. The Morgan fingerprint density at radius 3 is 1.67 bits per heavy atom. The predicted molar refractivity (Wildman–Crippen MR) is 219 cm³/mol. The third-order valence-corrected chi connectivity index (χ3v) is 10.8. The first-order valence-electron chi connectivity index (χ1n) is 18.3. The fourth-order valence-corrected chi connectivity index (χ4v) is 8.03. The van der Waals surface area contributed by atoms with E-state index in [1.165, 1.54) is 33.2 Å². The molecule has 0 unspecified atom stereocenters. The summed E-state index contributed by atoms with van der Waals surface area (Å²) in [5.74, 6) is 1.91. The van der Waals surface area contributed by atoms with Gasteiger partial charge in [0.25, 0.3) is 0 Å². The summed E-state index contributed by atoms with van der Waals surface area (Å²) in [5, 5.41) is 6.11. The number of hydrogen-bond donors (Lipinski definition) is 0. The SMILES string of the molecule is CC1(C)c2ccccc2-c2ccc3c(cnn3-c3ccc(-c4cccc(-c5nc(-c6ccccc6)nc(-c6ccc(-c7ccccc7)cc6)n5)c4)cc3)c21. The maximum absolute atomic E-state index is 5.03. The zero-order valence-electron chi connectivity index (χ0n) is 30.0. The van der Waals surface area contributed by atoms with Crippen LogP contribution in [0.1, 0.15) is 25.0 Å². The van der Waals surface area contributed by atoms with Crippen LogP contribution in [-0.4, -0.2) is 24.7 Å². The summed E-state index contributed by atoms with van der Waals surface area (Å²) >= 11 is 0. The lowest BCUT2D eigenvalue weighted by molar-refractivity contribution is 0.666. The van der Waals surface area contributed by atoms with E-state index in [2.05, 4.69) is 152 Å². The van der Waals surface area contributed by atoms with Gasteiger partial charge in [-0.25, -0.2) is 19.6 Å². The van der Waals surface area contributed by atoms with Crippen molar-refractivity contribution < 1.29 is 0 Å². The Morgan fingerprint density at radius 1 is 0.426 bits per heavy atom. The van der Waals surface area contributed by atoms with Gasteiger partial charge in [-0.15, -0.1) is 0 Å². The zero-order chi connectivity index (χ0) is 36.2. The number of aromatic nitrogens is 5. The monoisotopic (exact) mass is 693 g/mol. The molecule has 0 bridgehead atoms. The maximum atomic E-state index is 5.03. The molecule has 7 aromatic carbocycles. The normalized spacial score (nSPS) is 12.8. The Balaban J connectivity index is 0.989. The smallest absolute Gasteiger partial charge is 0.164 e. The fourth-order valence-electron chi connectivity index (χ4n) is 8.03. The molecule has 2 aromatic heterocycles. The van der Waals surface area contributed by atoms with Gasteiger partial charge >= 0.3 is 0 Å². The Labute approximate surface area is 314 Å². The lowest BCUT2D eigenvalue weighted by Crippen LogP contribution is -2.15. The molecule has 0 spiro atoms. The van der Waals surface area contributed by atoms with Crippen molar-refractivity contribution in [2.45, 2.75) is 19.3 Å². The van der Waals surface area contributed by atoms with Gasteiger partial charge in [0.15, 0.2) is 17.5 Å². The van der Waals surface area contributed by atoms with E-state index < -0.39 is 0 Å². The van der Waals surface area contributed by atoms with Gasteiger partial charge in [-0.1, -0.05) is 159 Å². The predicted octanol–water partition coefficient (Wildman–Crippen LogP) is 11.9. The van der Waals surface area contributed by atoms with Gasteiger partial charge in [0.1, 0.15) is 0 Å². The molecule has 9 aromatic rings. The summed E-state index contributed by atoms with van der Waals surface area (Å²) in [4.78, 5) is 15.0. The van der Waals surface area contributed by atoms with Crippen LogP contribution in [-0.2, 0) is 5.41 Å². The highest BCUT2D eigenvalue weighted by Gasteiger charge is 2.37. The standard InChI is InChI=1S/C49H35N5/c1-49(2)43-19-10-9-18-40(43)41-28-29-44-42(45(41)49)31-50-54(44)39-26-24-34(25-27-39)37-16-11-17-38(30-37)48-52-46(35-14-7-4-8-15-35)51-47(53-48)36-22-20-33(21-23-36)32-12-5-3-6-13-32/h3-31H,1-2H3. The lowest BCUT2D eigenvalue weighted by atomic mass is 9.81. The van der Waals surface area contributed by atoms with Crippen molar-refractivity contribution in [1.82, 2.24) is 24.7 Å². The van der Waals surface area contributed by atoms with Crippen LogP contribution >= 0.6 is 0 Å². The Bertz CT molecular complexity index is 2820. The van der Waals surface area contributed by atoms with E-state index in [0.29, 0.717) is 17.5 Å². The molecule has 0 fully saturated rings. The second kappa shape index (κ2) is 12.6. The second-order valence-corrected chi connectivity index (χ2v) is 14.4. The summed E-state index contributed by atoms with van der Waals surface area (Å²) < 4.78 is 2.05. The van der Waals surface area contributed by atoms with E-state index in [1.54, 1.807) is 0 Å². The van der Waals surface area contributed by atoms with Crippen molar-refractivity contribution in [3.63, 3.8) is 0 Å². The molecule has 1 aliphatic carbocycles. The maximum Gasteiger partial charge on any atom is 0.164 e. The van der Waals surface area contributed by atoms with Crippen molar-refractivity contribution >= 4 is 10.9 Å². The fraction of sp³-hybridized carbons (Fsp3) is 0.0612. The molecule has 0 saturated heterocycles. The highest BCUT2D eigenvalue weighted by molar-refractivity contribution is 5.96. The molecule has 54 heavy (non-hydrogen) atoms. The third kappa shape index (κ3) is 5.32. The van der Waals surface area contributed by atoms with Gasteiger partial charge in [-0.2, -0.15) is 5.10 Å². The van der Waals surface area contributed by atoms with Crippen molar-refractivity contribution in [3.05, 3.63) is 187 Å². The van der Waals surface area contributed by atoms with Gasteiger partial charge in [-0.05, 0) is 68.8 Å². The average molecular weight is 694 g/mol. The number of fused-ring (bicyclic) bond motifs is 5. The largest absolute Gasteiger partial charge is 0.233 e. The van der Waals surface area contributed by atoms with Crippen LogP contribution in [0.15, 0.2) is 176 Å². The van der Waals surface area contributed by atoms with Crippen LogP contribution in [0.2, 0.25) is 0 Å². The molecule has 0 N–H and O–H groups in total. The third-order valence-electron chi connectivity index (χ3n) is 10.8. The first-order chi connectivity index (χ1) is 26.5. The van der Waals surface area contributed by atoms with Gasteiger partial charge < -0.3 is 0 Å². The van der Waals surface area contributed by atoms with Crippen LogP contribution in [0.25, 0.3) is 84.1 Å². The molecule has 5 nitrogen and oxygen atoms in total. The number of rotatable bonds is 6. The highest BCUT2D eigenvalue weighted by Crippen LogP contribution is 2.51. The Morgan fingerprint density at radius 2 is 0.944 bits per heavy atom. The van der Waals surface area contributed by atoms with Gasteiger partial charge in [0, 0.05) is 27.5 Å². The molecular weight excluding hydrogens is 659 g/mol. The van der Waals surface area contributed by atoms with Gasteiger partial charge in [0.2, 0.25) is 0 Å². The lowest BCUT2D eigenvalue weighted by Gasteiger charge is -2.22. The van der Waals surface area contributed by atoms with E-state index in [-0.39, 0.29) is 5.41 Å². The van der Waals surface area contributed by atoms with Crippen molar-refractivity contribution in [3.8, 4) is 73.2 Å². The van der Waals surface area contributed by atoms with Crippen molar-refractivity contribution in [2.24, 2.45) is 0 Å². The highest BCUT2D eigenvalue weighted by atomic mass is 15.3. The number of benzene rings is 7. The van der Waals surface area contributed by atoms with E-state index in [1.807, 2.05) is 42.6 Å². The summed E-state index contributed by atoms with van der Waals surface area (Å²) in [6.45, 7) is 4.64. The zero-order valence-corrected chi connectivity index (χ0v) is 30.0. The Kier molecular flexibility index (Phi) is 7.41. The average Bonchev–Trinajstić information content (AvgIpc) is 3.77. The molecule has 0 radical (unpaired) electrons. The second-order valence-electron chi connectivity index (χ2n) is 14.4.